The summed E-state index contributed by atoms with van der Waals surface area (Å²) in [5.41, 5.74) is 4.89. The molecule has 1 N–H and O–H groups in total. The van der Waals surface area contributed by atoms with Crippen LogP contribution in [0.25, 0.3) is 11.1 Å². The molecule has 0 radical (unpaired) electrons. The van der Waals surface area contributed by atoms with Gasteiger partial charge in [0.25, 0.3) is 5.91 Å². The lowest BCUT2D eigenvalue weighted by molar-refractivity contribution is -0.120. The zero-order valence-corrected chi connectivity index (χ0v) is 23.1. The van der Waals surface area contributed by atoms with Crippen molar-refractivity contribution in [3.05, 3.63) is 88.9 Å². The van der Waals surface area contributed by atoms with E-state index in [-0.39, 0.29) is 37.3 Å². The molecule has 0 aliphatic carbocycles. The molecule has 0 atom stereocenters. The molecule has 3 aromatic rings. The van der Waals surface area contributed by atoms with E-state index >= 15 is 0 Å². The third-order valence-electron chi connectivity index (χ3n) is 7.28. The van der Waals surface area contributed by atoms with Crippen molar-refractivity contribution in [1.82, 2.24) is 13.9 Å². The highest BCUT2D eigenvalue weighted by Gasteiger charge is 2.28. The van der Waals surface area contributed by atoms with Gasteiger partial charge in [-0.25, -0.2) is 4.72 Å². The molecule has 5 rings (SSSR count). The molecule has 39 heavy (non-hydrogen) atoms. The number of anilines is 1. The molecule has 2 saturated heterocycles. The average Bonchev–Trinajstić information content (AvgIpc) is 2.94. The number of nitrogens with zero attached hydrogens (tertiary/aromatic N) is 3. The topological polar surface area (TPSA) is 90.0 Å². The maximum atomic E-state index is 12.6. The van der Waals surface area contributed by atoms with Crippen LogP contribution in [-0.2, 0) is 21.5 Å². The van der Waals surface area contributed by atoms with Crippen LogP contribution in [0.15, 0.2) is 72.8 Å². The van der Waals surface area contributed by atoms with Crippen LogP contribution in [-0.4, -0.2) is 68.6 Å². The van der Waals surface area contributed by atoms with Gasteiger partial charge in [-0.2, -0.15) is 12.7 Å². The number of piperidine rings is 1. The summed E-state index contributed by atoms with van der Waals surface area (Å²) in [6.07, 6.45) is 0.345. The van der Waals surface area contributed by atoms with E-state index in [1.807, 2.05) is 36.4 Å². The third-order valence-corrected chi connectivity index (χ3v) is 9.02. The Balaban J connectivity index is 1.16. The van der Waals surface area contributed by atoms with Crippen LogP contribution < -0.4 is 9.62 Å². The monoisotopic (exact) mass is 566 g/mol. The highest BCUT2D eigenvalue weighted by atomic mass is 35.5. The fourth-order valence-electron chi connectivity index (χ4n) is 5.01. The summed E-state index contributed by atoms with van der Waals surface area (Å²) in [5, 5.41) is 0.724. The van der Waals surface area contributed by atoms with Gasteiger partial charge in [0.15, 0.2) is 0 Å². The zero-order valence-electron chi connectivity index (χ0n) is 21.6. The quantitative estimate of drug-likeness (QED) is 0.465. The summed E-state index contributed by atoms with van der Waals surface area (Å²) < 4.78 is 28.3. The third kappa shape index (κ3) is 6.67. The fourth-order valence-corrected chi connectivity index (χ4v) is 6.29. The molecule has 0 unspecified atom stereocenters. The highest BCUT2D eigenvalue weighted by Crippen LogP contribution is 2.27. The van der Waals surface area contributed by atoms with Crippen LogP contribution in [0.3, 0.4) is 0 Å². The molecule has 0 spiro atoms. The molecule has 1 amide bonds. The standard InChI is InChI=1S/C29H31ClN4O4S/c30-25-9-5-22(6-10-25)28-4-2-1-3-24(28)21-32-17-19-33(20-18-32)26-11-7-23(8-12-26)29(36)31-39(37,38)34-15-13-27(35)14-16-34/h1-12H,13-21H2,(H,31,36). The molecule has 2 aliphatic heterocycles. The Morgan fingerprint density at radius 1 is 0.821 bits per heavy atom. The molecule has 2 fully saturated rings. The van der Waals surface area contributed by atoms with E-state index in [2.05, 4.69) is 38.8 Å². The van der Waals surface area contributed by atoms with Gasteiger partial charge in [0, 0.05) is 74.9 Å². The van der Waals surface area contributed by atoms with E-state index in [9.17, 15) is 18.0 Å². The van der Waals surface area contributed by atoms with E-state index in [0.717, 1.165) is 53.3 Å². The maximum absolute atomic E-state index is 12.6. The number of piperazine rings is 1. The smallest absolute Gasteiger partial charge is 0.304 e. The van der Waals surface area contributed by atoms with E-state index < -0.39 is 16.1 Å². The Bertz CT molecular complexity index is 1430. The normalized spacial score (nSPS) is 17.3. The van der Waals surface area contributed by atoms with Crippen LogP contribution in [0.1, 0.15) is 28.8 Å². The molecular formula is C29H31ClN4O4S. The fraction of sp³-hybridized carbons (Fsp3) is 0.310. The summed E-state index contributed by atoms with van der Waals surface area (Å²) in [5.74, 6) is -0.644. The molecule has 204 valence electrons. The summed E-state index contributed by atoms with van der Waals surface area (Å²) in [6.45, 7) is 4.53. The zero-order chi connectivity index (χ0) is 27.4. The van der Waals surface area contributed by atoms with Crippen molar-refractivity contribution in [1.29, 1.82) is 0 Å². The lowest BCUT2D eigenvalue weighted by atomic mass is 9.99. The highest BCUT2D eigenvalue weighted by molar-refractivity contribution is 7.87. The number of hydrogen-bond donors (Lipinski definition) is 1. The SMILES string of the molecule is O=C1CCN(S(=O)(=O)NC(=O)c2ccc(N3CCN(Cc4ccccc4-c4ccc(Cl)cc4)CC3)cc2)CC1. The number of nitrogens with one attached hydrogen (secondary N) is 1. The predicted octanol–water partition coefficient (Wildman–Crippen LogP) is 3.97. The molecule has 0 bridgehead atoms. The van der Waals surface area contributed by atoms with Crippen molar-refractivity contribution in [3.8, 4) is 11.1 Å². The number of hydrogen-bond acceptors (Lipinski definition) is 6. The number of carbonyl (C=O) groups excluding carboxylic acids is 2. The first-order valence-corrected chi connectivity index (χ1v) is 14.9. The second-order valence-corrected chi connectivity index (χ2v) is 12.0. The van der Waals surface area contributed by atoms with Gasteiger partial charge in [0.2, 0.25) is 0 Å². The number of Topliss-reactive ketones (excluding diaryl/α,β-unsaturated/α-hetero) is 1. The minimum absolute atomic E-state index is 0.0342. The van der Waals surface area contributed by atoms with Gasteiger partial charge < -0.3 is 4.90 Å². The number of rotatable bonds is 7. The maximum Gasteiger partial charge on any atom is 0.304 e. The Morgan fingerprint density at radius 2 is 1.46 bits per heavy atom. The molecule has 0 saturated carbocycles. The molecule has 10 heteroatoms. The Kier molecular flexibility index (Phi) is 8.32. The van der Waals surface area contributed by atoms with Crippen molar-refractivity contribution < 1.29 is 18.0 Å². The Hall–Kier alpha value is -3.24. The van der Waals surface area contributed by atoms with Gasteiger partial charge in [0.1, 0.15) is 5.78 Å². The van der Waals surface area contributed by atoms with Crippen LogP contribution in [0.5, 0.6) is 0 Å². The van der Waals surface area contributed by atoms with Crippen molar-refractivity contribution in [2.24, 2.45) is 0 Å². The van der Waals surface area contributed by atoms with Crippen molar-refractivity contribution in [3.63, 3.8) is 0 Å². The van der Waals surface area contributed by atoms with Crippen molar-refractivity contribution >= 4 is 39.2 Å². The lowest BCUT2D eigenvalue weighted by Crippen LogP contribution is -2.47. The first kappa shape index (κ1) is 27.3. The number of ketones is 1. The van der Waals surface area contributed by atoms with Gasteiger partial charge >= 0.3 is 10.2 Å². The van der Waals surface area contributed by atoms with E-state index in [1.54, 1.807) is 12.1 Å². The van der Waals surface area contributed by atoms with Crippen LogP contribution in [0.4, 0.5) is 5.69 Å². The number of benzene rings is 3. The Morgan fingerprint density at radius 3 is 2.13 bits per heavy atom. The lowest BCUT2D eigenvalue weighted by Gasteiger charge is -2.36. The average molecular weight is 567 g/mol. The first-order chi connectivity index (χ1) is 18.8. The predicted molar refractivity (Wildman–Crippen MR) is 153 cm³/mol. The first-order valence-electron chi connectivity index (χ1n) is 13.0. The van der Waals surface area contributed by atoms with Gasteiger partial charge in [-0.3, -0.25) is 14.5 Å². The molecule has 3 aromatic carbocycles. The summed E-state index contributed by atoms with van der Waals surface area (Å²) in [7, 11) is -3.98. The largest absolute Gasteiger partial charge is 0.369 e. The van der Waals surface area contributed by atoms with E-state index in [1.165, 1.54) is 11.1 Å². The minimum atomic E-state index is -3.98. The number of carbonyl (C=O) groups is 2. The van der Waals surface area contributed by atoms with Crippen LogP contribution >= 0.6 is 11.6 Å². The molecular weight excluding hydrogens is 536 g/mol. The molecule has 0 aromatic heterocycles. The van der Waals surface area contributed by atoms with Gasteiger partial charge in [-0.1, -0.05) is 48.0 Å². The molecule has 2 heterocycles. The van der Waals surface area contributed by atoms with Crippen LogP contribution in [0, 0.1) is 0 Å². The number of halogens is 1. The number of amides is 1. The second-order valence-electron chi connectivity index (χ2n) is 9.85. The van der Waals surface area contributed by atoms with Gasteiger partial charge in [0.05, 0.1) is 0 Å². The van der Waals surface area contributed by atoms with Crippen LogP contribution in [0.2, 0.25) is 5.02 Å². The van der Waals surface area contributed by atoms with Gasteiger partial charge in [-0.05, 0) is 53.1 Å². The second kappa shape index (κ2) is 11.9. The Labute approximate surface area is 234 Å². The summed E-state index contributed by atoms with van der Waals surface area (Å²) >= 11 is 6.07. The molecule has 2 aliphatic rings. The van der Waals surface area contributed by atoms with Gasteiger partial charge in [-0.15, -0.1) is 0 Å². The van der Waals surface area contributed by atoms with Crippen molar-refractivity contribution in [2.75, 3.05) is 44.2 Å². The minimum Gasteiger partial charge on any atom is -0.369 e. The summed E-state index contributed by atoms with van der Waals surface area (Å²) in [4.78, 5) is 28.7. The van der Waals surface area contributed by atoms with Crippen molar-refractivity contribution in [2.45, 2.75) is 19.4 Å². The van der Waals surface area contributed by atoms with E-state index in [0.29, 0.717) is 0 Å². The van der Waals surface area contributed by atoms with E-state index in [4.69, 9.17) is 11.6 Å². The molecule has 8 nitrogen and oxygen atoms in total. The summed E-state index contributed by atoms with van der Waals surface area (Å²) in [6, 6.07) is 23.4.